The van der Waals surface area contributed by atoms with Crippen molar-refractivity contribution in [2.45, 2.75) is 19.7 Å². The molecule has 0 saturated heterocycles. The summed E-state index contributed by atoms with van der Waals surface area (Å²) in [6, 6.07) is 7.40. The first-order valence-electron chi connectivity index (χ1n) is 6.39. The Labute approximate surface area is 121 Å². The third kappa shape index (κ3) is 2.84. The molecule has 20 heavy (non-hydrogen) atoms. The number of amides is 1. The number of carbonyl (C=O) groups is 1. The molecule has 104 valence electrons. The predicted molar refractivity (Wildman–Crippen MR) is 74.5 cm³/mol. The molecule has 2 aromatic rings. The van der Waals surface area contributed by atoms with Crippen LogP contribution in [0.4, 0.5) is 0 Å². The van der Waals surface area contributed by atoms with Crippen molar-refractivity contribution >= 4 is 17.5 Å². The minimum absolute atomic E-state index is 0.188. The van der Waals surface area contributed by atoms with E-state index < -0.39 is 0 Å². The summed E-state index contributed by atoms with van der Waals surface area (Å²) in [6.45, 7) is 2.29. The number of hydrogen-bond donors (Lipinski definition) is 1. The fourth-order valence-electron chi connectivity index (χ4n) is 2.12. The molecule has 0 bridgehead atoms. The van der Waals surface area contributed by atoms with E-state index in [1.165, 1.54) is 0 Å². The lowest BCUT2D eigenvalue weighted by Gasteiger charge is -2.13. The van der Waals surface area contributed by atoms with Gasteiger partial charge in [-0.2, -0.15) is 0 Å². The van der Waals surface area contributed by atoms with E-state index >= 15 is 0 Å². The van der Waals surface area contributed by atoms with Crippen LogP contribution >= 0.6 is 11.6 Å². The molecular weight excluding hydrogens is 278 g/mol. The Kier molecular flexibility index (Phi) is 3.71. The van der Waals surface area contributed by atoms with Gasteiger partial charge < -0.3 is 14.6 Å². The Hall–Kier alpha value is -1.85. The van der Waals surface area contributed by atoms with Crippen molar-refractivity contribution < 1.29 is 9.53 Å². The second-order valence-corrected chi connectivity index (χ2v) is 5.04. The predicted octanol–water partition coefficient (Wildman–Crippen LogP) is 2.00. The summed E-state index contributed by atoms with van der Waals surface area (Å²) in [5.74, 6) is 0.607. The highest BCUT2D eigenvalue weighted by atomic mass is 35.5. The number of halogens is 1. The smallest absolute Gasteiger partial charge is 0.271 e. The molecule has 6 heteroatoms. The summed E-state index contributed by atoms with van der Waals surface area (Å²) >= 11 is 5.90. The normalized spacial score (nSPS) is 13.8. The van der Waals surface area contributed by atoms with Crippen LogP contribution in [-0.4, -0.2) is 22.1 Å². The van der Waals surface area contributed by atoms with Gasteiger partial charge in [-0.1, -0.05) is 23.7 Å². The van der Waals surface area contributed by atoms with E-state index in [4.69, 9.17) is 16.3 Å². The van der Waals surface area contributed by atoms with Crippen molar-refractivity contribution in [3.8, 4) is 0 Å². The van der Waals surface area contributed by atoms with Crippen LogP contribution in [0.25, 0.3) is 0 Å². The minimum Gasteiger partial charge on any atom is -0.372 e. The van der Waals surface area contributed by atoms with E-state index in [9.17, 15) is 4.79 Å². The summed E-state index contributed by atoms with van der Waals surface area (Å²) in [7, 11) is 0. The third-order valence-corrected chi connectivity index (χ3v) is 3.38. The summed E-state index contributed by atoms with van der Waals surface area (Å²) < 4.78 is 7.26. The van der Waals surface area contributed by atoms with Crippen LogP contribution in [0.15, 0.2) is 30.5 Å². The van der Waals surface area contributed by atoms with Gasteiger partial charge in [-0.25, -0.2) is 4.98 Å². The summed E-state index contributed by atoms with van der Waals surface area (Å²) in [5.41, 5.74) is 1.38. The molecule has 5 nitrogen and oxygen atoms in total. The number of aromatic nitrogens is 2. The number of fused-ring (bicyclic) bond motifs is 1. The maximum absolute atomic E-state index is 12.1. The topological polar surface area (TPSA) is 56.2 Å². The van der Waals surface area contributed by atoms with Gasteiger partial charge >= 0.3 is 0 Å². The van der Waals surface area contributed by atoms with Gasteiger partial charge in [-0.3, -0.25) is 4.79 Å². The Balaban J connectivity index is 1.66. The van der Waals surface area contributed by atoms with Gasteiger partial charge in [0.2, 0.25) is 0 Å². The SMILES string of the molecule is O=C(NCc1cccc(Cl)c1)c1cn2c(n1)COCC2. The Bertz CT molecular complexity index is 616. The quantitative estimate of drug-likeness (QED) is 0.941. The molecule has 3 rings (SSSR count). The first-order valence-corrected chi connectivity index (χ1v) is 6.76. The average molecular weight is 292 g/mol. The van der Waals surface area contributed by atoms with Gasteiger partial charge in [0.1, 0.15) is 18.1 Å². The number of nitrogens with zero attached hydrogens (tertiary/aromatic N) is 2. The molecule has 0 radical (unpaired) electrons. The second-order valence-electron chi connectivity index (χ2n) is 4.60. The molecule has 1 aromatic heterocycles. The minimum atomic E-state index is -0.188. The number of carbonyl (C=O) groups excluding carboxylic acids is 1. The lowest BCUT2D eigenvalue weighted by molar-refractivity contribution is 0.0816. The van der Waals surface area contributed by atoms with Gasteiger partial charge in [0, 0.05) is 24.3 Å². The van der Waals surface area contributed by atoms with Crippen molar-refractivity contribution in [3.05, 3.63) is 52.6 Å². The largest absolute Gasteiger partial charge is 0.372 e. The van der Waals surface area contributed by atoms with E-state index in [0.717, 1.165) is 17.9 Å². The average Bonchev–Trinajstić information content (AvgIpc) is 2.89. The third-order valence-electron chi connectivity index (χ3n) is 3.14. The van der Waals surface area contributed by atoms with E-state index in [2.05, 4.69) is 10.3 Å². The molecule has 0 spiro atoms. The summed E-state index contributed by atoms with van der Waals surface area (Å²) in [5, 5.41) is 3.50. The maximum atomic E-state index is 12.1. The van der Waals surface area contributed by atoms with Gasteiger partial charge in [-0.15, -0.1) is 0 Å². The van der Waals surface area contributed by atoms with Gasteiger partial charge in [0.05, 0.1) is 6.61 Å². The Morgan fingerprint density at radius 1 is 1.50 bits per heavy atom. The number of hydrogen-bond acceptors (Lipinski definition) is 3. The zero-order chi connectivity index (χ0) is 13.9. The Morgan fingerprint density at radius 3 is 3.20 bits per heavy atom. The van der Waals surface area contributed by atoms with Crippen LogP contribution in [0, 0.1) is 0 Å². The number of rotatable bonds is 3. The molecule has 1 aliphatic heterocycles. The number of ether oxygens (including phenoxy) is 1. The molecule has 0 fully saturated rings. The Morgan fingerprint density at radius 2 is 2.40 bits per heavy atom. The lowest BCUT2D eigenvalue weighted by Crippen LogP contribution is -2.23. The molecular formula is C14H14ClN3O2. The molecule has 0 saturated carbocycles. The van der Waals surface area contributed by atoms with Crippen LogP contribution in [0.2, 0.25) is 5.02 Å². The van der Waals surface area contributed by atoms with E-state index in [1.807, 2.05) is 22.8 Å². The summed E-state index contributed by atoms with van der Waals surface area (Å²) in [4.78, 5) is 16.3. The molecule has 0 aliphatic carbocycles. The molecule has 1 N–H and O–H groups in total. The molecule has 0 atom stereocenters. The number of imidazole rings is 1. The fourth-order valence-corrected chi connectivity index (χ4v) is 2.33. The molecule has 1 aliphatic rings. The van der Waals surface area contributed by atoms with E-state index in [1.54, 1.807) is 12.3 Å². The highest BCUT2D eigenvalue weighted by molar-refractivity contribution is 6.30. The van der Waals surface area contributed by atoms with Crippen LogP contribution in [0.1, 0.15) is 21.9 Å². The van der Waals surface area contributed by atoms with Gasteiger partial charge in [0.25, 0.3) is 5.91 Å². The maximum Gasteiger partial charge on any atom is 0.271 e. The standard InChI is InChI=1S/C14H14ClN3O2/c15-11-3-1-2-10(6-11)7-16-14(19)12-8-18-4-5-20-9-13(18)17-12/h1-3,6,8H,4-5,7,9H2,(H,16,19). The van der Waals surface area contributed by atoms with Crippen molar-refractivity contribution in [3.63, 3.8) is 0 Å². The molecule has 2 heterocycles. The van der Waals surface area contributed by atoms with Crippen LogP contribution in [0.3, 0.4) is 0 Å². The highest BCUT2D eigenvalue weighted by Crippen LogP contribution is 2.12. The number of nitrogens with one attached hydrogen (secondary N) is 1. The molecule has 1 aromatic carbocycles. The first kappa shape index (κ1) is 13.1. The lowest BCUT2D eigenvalue weighted by atomic mass is 10.2. The number of benzene rings is 1. The van der Waals surface area contributed by atoms with Crippen molar-refractivity contribution in [1.29, 1.82) is 0 Å². The van der Waals surface area contributed by atoms with Crippen LogP contribution in [0.5, 0.6) is 0 Å². The fraction of sp³-hybridized carbons (Fsp3) is 0.286. The molecule has 1 amide bonds. The van der Waals surface area contributed by atoms with Gasteiger partial charge in [-0.05, 0) is 17.7 Å². The van der Waals surface area contributed by atoms with Crippen LogP contribution in [-0.2, 0) is 24.4 Å². The van der Waals surface area contributed by atoms with Crippen molar-refractivity contribution in [2.24, 2.45) is 0 Å². The van der Waals surface area contributed by atoms with Gasteiger partial charge in [0.15, 0.2) is 0 Å². The zero-order valence-electron chi connectivity index (χ0n) is 10.8. The van der Waals surface area contributed by atoms with Crippen molar-refractivity contribution in [2.75, 3.05) is 6.61 Å². The first-order chi connectivity index (χ1) is 9.72. The molecule has 0 unspecified atom stereocenters. The zero-order valence-corrected chi connectivity index (χ0v) is 11.6. The monoisotopic (exact) mass is 291 g/mol. The summed E-state index contributed by atoms with van der Waals surface area (Å²) in [6.07, 6.45) is 1.77. The van der Waals surface area contributed by atoms with Crippen molar-refractivity contribution in [1.82, 2.24) is 14.9 Å². The highest BCUT2D eigenvalue weighted by Gasteiger charge is 2.16. The van der Waals surface area contributed by atoms with Crippen LogP contribution < -0.4 is 5.32 Å². The second kappa shape index (κ2) is 5.64. The van der Waals surface area contributed by atoms with E-state index in [0.29, 0.717) is 30.5 Å². The van der Waals surface area contributed by atoms with E-state index in [-0.39, 0.29) is 5.91 Å².